The van der Waals surface area contributed by atoms with Gasteiger partial charge in [0.05, 0.1) is 11.0 Å². The third kappa shape index (κ3) is 5.91. The fourth-order valence-corrected chi connectivity index (χ4v) is 8.66. The summed E-state index contributed by atoms with van der Waals surface area (Å²) in [5, 5.41) is 7.46. The molecule has 2 heteroatoms. The van der Waals surface area contributed by atoms with Crippen molar-refractivity contribution >= 4 is 60.4 Å². The van der Waals surface area contributed by atoms with Crippen molar-refractivity contribution in [1.82, 2.24) is 4.57 Å². The van der Waals surface area contributed by atoms with Crippen molar-refractivity contribution < 1.29 is 0 Å². The monoisotopic (exact) mass is 738 g/mol. The average Bonchev–Trinajstić information content (AvgIpc) is 3.64. The van der Waals surface area contributed by atoms with E-state index in [4.69, 9.17) is 0 Å². The molecular formula is C56H38N2. The number of fused-ring (bicyclic) bond motifs is 6. The van der Waals surface area contributed by atoms with Crippen LogP contribution < -0.4 is 4.90 Å². The molecule has 0 spiro atoms. The smallest absolute Gasteiger partial charge is 0.0619 e. The minimum Gasteiger partial charge on any atom is -0.310 e. The maximum Gasteiger partial charge on any atom is 0.0619 e. The maximum absolute atomic E-state index is 2.44. The van der Waals surface area contributed by atoms with Gasteiger partial charge in [-0.3, -0.25) is 0 Å². The number of hydrogen-bond donors (Lipinski definition) is 0. The van der Waals surface area contributed by atoms with Gasteiger partial charge in [0.2, 0.25) is 0 Å². The van der Waals surface area contributed by atoms with Crippen molar-refractivity contribution in [2.45, 2.75) is 0 Å². The van der Waals surface area contributed by atoms with Crippen LogP contribution in [0.2, 0.25) is 0 Å². The van der Waals surface area contributed by atoms with Crippen LogP contribution in [-0.4, -0.2) is 4.57 Å². The van der Waals surface area contributed by atoms with Crippen molar-refractivity contribution in [3.63, 3.8) is 0 Å². The molecule has 11 aromatic rings. The van der Waals surface area contributed by atoms with Gasteiger partial charge in [-0.25, -0.2) is 0 Å². The van der Waals surface area contributed by atoms with Gasteiger partial charge in [0.15, 0.2) is 0 Å². The van der Waals surface area contributed by atoms with Gasteiger partial charge in [-0.15, -0.1) is 0 Å². The lowest BCUT2D eigenvalue weighted by molar-refractivity contribution is 1.19. The molecule has 272 valence electrons. The second-order valence-corrected chi connectivity index (χ2v) is 15.0. The average molecular weight is 739 g/mol. The van der Waals surface area contributed by atoms with Crippen LogP contribution in [0.25, 0.3) is 82.4 Å². The standard InChI is InChI=1S/C56H38N2/c1-3-11-39(12-4-1)41-19-21-42(22-20-41)43-23-30-49(31-24-43)57(51-34-27-40-13-7-8-15-46(40)37-51)50-32-25-44(26-33-50)47-29-35-53-54-36-28-45-14-9-10-18-52(45)56(54)58(55(53)38-47)48-16-5-2-6-17-48/h1-38H. The lowest BCUT2D eigenvalue weighted by Gasteiger charge is -2.26. The first kappa shape index (κ1) is 33.6. The highest BCUT2D eigenvalue weighted by Gasteiger charge is 2.17. The highest BCUT2D eigenvalue weighted by atomic mass is 15.1. The van der Waals surface area contributed by atoms with Crippen molar-refractivity contribution in [3.8, 4) is 39.1 Å². The van der Waals surface area contributed by atoms with Gasteiger partial charge < -0.3 is 9.47 Å². The number of rotatable bonds is 7. The molecule has 0 bridgehead atoms. The van der Waals surface area contributed by atoms with Gasteiger partial charge in [0, 0.05) is 38.9 Å². The molecule has 0 saturated heterocycles. The fourth-order valence-electron chi connectivity index (χ4n) is 8.66. The van der Waals surface area contributed by atoms with Crippen molar-refractivity contribution in [3.05, 3.63) is 231 Å². The van der Waals surface area contributed by atoms with E-state index in [0.717, 1.165) is 22.7 Å². The number of anilines is 3. The Labute approximate surface area is 338 Å². The lowest BCUT2D eigenvalue weighted by Crippen LogP contribution is -2.09. The molecule has 0 radical (unpaired) electrons. The van der Waals surface area contributed by atoms with Gasteiger partial charge in [-0.2, -0.15) is 0 Å². The van der Waals surface area contributed by atoms with E-state index < -0.39 is 0 Å². The minimum atomic E-state index is 1.10. The van der Waals surface area contributed by atoms with Crippen LogP contribution in [0.5, 0.6) is 0 Å². The van der Waals surface area contributed by atoms with E-state index >= 15 is 0 Å². The van der Waals surface area contributed by atoms with E-state index in [0.29, 0.717) is 0 Å². The molecule has 58 heavy (non-hydrogen) atoms. The van der Waals surface area contributed by atoms with E-state index in [2.05, 4.69) is 240 Å². The Kier molecular flexibility index (Phi) is 8.19. The van der Waals surface area contributed by atoms with E-state index in [9.17, 15) is 0 Å². The van der Waals surface area contributed by atoms with Crippen LogP contribution in [0, 0.1) is 0 Å². The third-order valence-corrected chi connectivity index (χ3v) is 11.6. The Morgan fingerprint density at radius 2 is 0.741 bits per heavy atom. The van der Waals surface area contributed by atoms with Crippen LogP contribution in [-0.2, 0) is 0 Å². The number of para-hydroxylation sites is 1. The Balaban J connectivity index is 0.986. The number of nitrogens with zero attached hydrogens (tertiary/aromatic N) is 2. The van der Waals surface area contributed by atoms with Crippen LogP contribution in [0.1, 0.15) is 0 Å². The molecule has 0 atom stereocenters. The van der Waals surface area contributed by atoms with E-state index in [1.807, 2.05) is 0 Å². The molecule has 0 saturated carbocycles. The van der Waals surface area contributed by atoms with Crippen LogP contribution in [0.15, 0.2) is 231 Å². The molecule has 0 fully saturated rings. The zero-order chi connectivity index (χ0) is 38.4. The first-order valence-corrected chi connectivity index (χ1v) is 19.9. The van der Waals surface area contributed by atoms with Gasteiger partial charge >= 0.3 is 0 Å². The molecule has 1 heterocycles. The Bertz CT molecular complexity index is 3230. The Morgan fingerprint density at radius 1 is 0.276 bits per heavy atom. The third-order valence-electron chi connectivity index (χ3n) is 11.6. The Morgan fingerprint density at radius 3 is 1.41 bits per heavy atom. The molecule has 0 N–H and O–H groups in total. The highest BCUT2D eigenvalue weighted by Crippen LogP contribution is 2.41. The number of benzene rings is 10. The first-order chi connectivity index (χ1) is 28.7. The summed E-state index contributed by atoms with van der Waals surface area (Å²) < 4.78 is 2.44. The summed E-state index contributed by atoms with van der Waals surface area (Å²) in [4.78, 5) is 2.36. The first-order valence-electron chi connectivity index (χ1n) is 19.9. The number of hydrogen-bond acceptors (Lipinski definition) is 1. The predicted molar refractivity (Wildman–Crippen MR) is 247 cm³/mol. The molecule has 11 rings (SSSR count). The van der Waals surface area contributed by atoms with E-state index in [-0.39, 0.29) is 0 Å². The van der Waals surface area contributed by atoms with Gasteiger partial charge in [0.25, 0.3) is 0 Å². The summed E-state index contributed by atoms with van der Waals surface area (Å²) in [6, 6.07) is 83.6. The van der Waals surface area contributed by atoms with Crippen LogP contribution >= 0.6 is 0 Å². The molecule has 2 nitrogen and oxygen atoms in total. The van der Waals surface area contributed by atoms with E-state index in [1.165, 1.54) is 76.7 Å². The summed E-state index contributed by atoms with van der Waals surface area (Å²) in [7, 11) is 0. The van der Waals surface area contributed by atoms with Crippen molar-refractivity contribution in [1.29, 1.82) is 0 Å². The zero-order valence-corrected chi connectivity index (χ0v) is 31.8. The minimum absolute atomic E-state index is 1.10. The Hall–Kier alpha value is -7.68. The molecule has 0 amide bonds. The summed E-state index contributed by atoms with van der Waals surface area (Å²) in [6.07, 6.45) is 0. The number of aromatic nitrogens is 1. The maximum atomic E-state index is 2.44. The summed E-state index contributed by atoms with van der Waals surface area (Å²) in [6.45, 7) is 0. The molecule has 1 aromatic heterocycles. The molecule has 0 aliphatic rings. The lowest BCUT2D eigenvalue weighted by atomic mass is 10.00. The molecule has 0 aliphatic carbocycles. The van der Waals surface area contributed by atoms with Gasteiger partial charge in [-0.05, 0) is 104 Å². The van der Waals surface area contributed by atoms with Gasteiger partial charge in [-0.1, -0.05) is 176 Å². The topological polar surface area (TPSA) is 8.17 Å². The molecule has 0 aliphatic heterocycles. The summed E-state index contributed by atoms with van der Waals surface area (Å²) >= 11 is 0. The second-order valence-electron chi connectivity index (χ2n) is 15.0. The van der Waals surface area contributed by atoms with Crippen LogP contribution in [0.3, 0.4) is 0 Å². The zero-order valence-electron chi connectivity index (χ0n) is 31.8. The highest BCUT2D eigenvalue weighted by molar-refractivity contribution is 6.19. The molecule has 10 aromatic carbocycles. The van der Waals surface area contributed by atoms with Gasteiger partial charge in [0.1, 0.15) is 0 Å². The summed E-state index contributed by atoms with van der Waals surface area (Å²) in [5.74, 6) is 0. The summed E-state index contributed by atoms with van der Waals surface area (Å²) in [5.41, 5.74) is 14.1. The van der Waals surface area contributed by atoms with Crippen LogP contribution in [0.4, 0.5) is 17.1 Å². The molecular weight excluding hydrogens is 701 g/mol. The SMILES string of the molecule is c1ccc(-c2ccc(-c3ccc(N(c4ccc(-c5ccc6c7ccc8ccccc8c7n(-c7ccccc7)c6c5)cc4)c4ccc5ccccc5c4)cc3)cc2)cc1. The molecule has 0 unspecified atom stereocenters. The fraction of sp³-hybridized carbons (Fsp3) is 0. The normalized spacial score (nSPS) is 11.4. The van der Waals surface area contributed by atoms with E-state index in [1.54, 1.807) is 0 Å². The quantitative estimate of drug-likeness (QED) is 0.158. The van der Waals surface area contributed by atoms with Crippen molar-refractivity contribution in [2.75, 3.05) is 4.90 Å². The van der Waals surface area contributed by atoms with Crippen molar-refractivity contribution in [2.24, 2.45) is 0 Å². The predicted octanol–water partition coefficient (Wildman–Crippen LogP) is 15.6. The second kappa shape index (κ2) is 14.1. The largest absolute Gasteiger partial charge is 0.310 e.